The molecule has 1 aromatic heterocycles. The zero-order valence-electron chi connectivity index (χ0n) is 13.3. The van der Waals surface area contributed by atoms with Crippen LogP contribution >= 0.6 is 11.3 Å². The van der Waals surface area contributed by atoms with Gasteiger partial charge in [-0.05, 0) is 31.1 Å². The second kappa shape index (κ2) is 8.45. The number of likely N-dealkylation sites (N-methyl/N-ethyl adjacent to an activating group) is 1. The van der Waals surface area contributed by atoms with Crippen molar-refractivity contribution in [2.75, 3.05) is 27.2 Å². The molecule has 0 aliphatic rings. The lowest BCUT2D eigenvalue weighted by Gasteiger charge is -2.23. The monoisotopic (exact) mass is 331 g/mol. The van der Waals surface area contributed by atoms with Crippen molar-refractivity contribution in [1.82, 2.24) is 15.5 Å². The first kappa shape index (κ1) is 17.2. The summed E-state index contributed by atoms with van der Waals surface area (Å²) in [6.45, 7) is 0.655. The second-order valence-electron chi connectivity index (χ2n) is 5.45. The first-order valence-electron chi connectivity index (χ1n) is 7.37. The lowest BCUT2D eigenvalue weighted by molar-refractivity contribution is -0.121. The van der Waals surface area contributed by atoms with Crippen LogP contribution in [0, 0.1) is 0 Å². The number of rotatable bonds is 7. The molecule has 2 rings (SSSR count). The Hall–Kier alpha value is -2.18. The summed E-state index contributed by atoms with van der Waals surface area (Å²) in [7, 11) is 3.92. The average molecular weight is 331 g/mol. The molecule has 0 saturated carbocycles. The van der Waals surface area contributed by atoms with Gasteiger partial charge in [0.15, 0.2) is 0 Å². The Labute approximate surface area is 140 Å². The molecule has 1 atom stereocenters. The van der Waals surface area contributed by atoms with E-state index in [9.17, 15) is 9.59 Å². The van der Waals surface area contributed by atoms with E-state index in [1.165, 1.54) is 11.3 Å². The summed E-state index contributed by atoms with van der Waals surface area (Å²) in [6.07, 6.45) is 0. The van der Waals surface area contributed by atoms with E-state index in [4.69, 9.17) is 0 Å². The SMILES string of the molecule is CN(C)C[C@@H](NC(=O)CNC(=O)c1cccs1)c1ccccc1. The minimum Gasteiger partial charge on any atom is -0.346 e. The Balaban J connectivity index is 1.91. The highest BCUT2D eigenvalue weighted by Gasteiger charge is 2.16. The van der Waals surface area contributed by atoms with E-state index in [0.717, 1.165) is 5.56 Å². The highest BCUT2D eigenvalue weighted by atomic mass is 32.1. The molecule has 122 valence electrons. The summed E-state index contributed by atoms with van der Waals surface area (Å²) in [5, 5.41) is 7.45. The number of nitrogens with one attached hydrogen (secondary N) is 2. The molecule has 0 aliphatic heterocycles. The predicted molar refractivity (Wildman–Crippen MR) is 92.5 cm³/mol. The molecule has 0 aliphatic carbocycles. The second-order valence-corrected chi connectivity index (χ2v) is 6.40. The standard InChI is InChI=1S/C17H21N3O2S/c1-20(2)12-14(13-7-4-3-5-8-13)19-16(21)11-18-17(22)15-9-6-10-23-15/h3-10,14H,11-12H2,1-2H3,(H,18,22)(H,19,21)/t14-/m1/s1. The van der Waals surface area contributed by atoms with Crippen molar-refractivity contribution in [2.24, 2.45) is 0 Å². The maximum absolute atomic E-state index is 12.1. The summed E-state index contributed by atoms with van der Waals surface area (Å²) < 4.78 is 0. The van der Waals surface area contributed by atoms with Crippen LogP contribution in [-0.4, -0.2) is 43.9 Å². The van der Waals surface area contributed by atoms with Crippen molar-refractivity contribution >= 4 is 23.2 Å². The fourth-order valence-electron chi connectivity index (χ4n) is 2.19. The number of amides is 2. The van der Waals surface area contributed by atoms with Gasteiger partial charge in [0.25, 0.3) is 5.91 Å². The summed E-state index contributed by atoms with van der Waals surface area (Å²) in [5.41, 5.74) is 1.04. The first-order valence-corrected chi connectivity index (χ1v) is 8.25. The number of benzene rings is 1. The predicted octanol–water partition coefficient (Wildman–Crippen LogP) is 1.90. The molecule has 6 heteroatoms. The fraction of sp³-hybridized carbons (Fsp3) is 0.294. The topological polar surface area (TPSA) is 61.4 Å². The molecular formula is C17H21N3O2S. The van der Waals surface area contributed by atoms with Gasteiger partial charge in [-0.3, -0.25) is 9.59 Å². The van der Waals surface area contributed by atoms with Gasteiger partial charge < -0.3 is 15.5 Å². The lowest BCUT2D eigenvalue weighted by atomic mass is 10.1. The Morgan fingerprint density at radius 1 is 1.13 bits per heavy atom. The maximum Gasteiger partial charge on any atom is 0.261 e. The molecule has 2 amide bonds. The van der Waals surface area contributed by atoms with E-state index >= 15 is 0 Å². The Kier molecular flexibility index (Phi) is 6.31. The highest BCUT2D eigenvalue weighted by molar-refractivity contribution is 7.12. The molecule has 5 nitrogen and oxygen atoms in total. The van der Waals surface area contributed by atoms with Gasteiger partial charge in [-0.1, -0.05) is 36.4 Å². The van der Waals surface area contributed by atoms with E-state index in [2.05, 4.69) is 10.6 Å². The summed E-state index contributed by atoms with van der Waals surface area (Å²) in [5.74, 6) is -0.426. The Bertz CT molecular complexity index is 627. The van der Waals surface area contributed by atoms with Gasteiger partial charge in [-0.15, -0.1) is 11.3 Å². The number of carbonyl (C=O) groups is 2. The zero-order valence-corrected chi connectivity index (χ0v) is 14.1. The van der Waals surface area contributed by atoms with Gasteiger partial charge in [-0.25, -0.2) is 0 Å². The molecule has 0 unspecified atom stereocenters. The summed E-state index contributed by atoms with van der Waals surface area (Å²) >= 11 is 1.35. The van der Waals surface area contributed by atoms with Crippen molar-refractivity contribution in [3.8, 4) is 0 Å². The maximum atomic E-state index is 12.1. The molecule has 0 radical (unpaired) electrons. The third kappa shape index (κ3) is 5.50. The van der Waals surface area contributed by atoms with Crippen LogP contribution in [0.5, 0.6) is 0 Å². The zero-order chi connectivity index (χ0) is 16.7. The van der Waals surface area contributed by atoms with Crippen LogP contribution in [0.3, 0.4) is 0 Å². The molecule has 1 aromatic carbocycles. The number of hydrogen-bond acceptors (Lipinski definition) is 4. The third-order valence-corrected chi connectivity index (χ3v) is 4.11. The van der Waals surface area contributed by atoms with Crippen molar-refractivity contribution in [1.29, 1.82) is 0 Å². The molecule has 0 fully saturated rings. The molecule has 2 aromatic rings. The fourth-order valence-corrected chi connectivity index (χ4v) is 2.83. The van der Waals surface area contributed by atoms with Crippen LogP contribution in [0.2, 0.25) is 0 Å². The number of carbonyl (C=O) groups excluding carboxylic acids is 2. The van der Waals surface area contributed by atoms with Gasteiger partial charge in [0.1, 0.15) is 0 Å². The van der Waals surface area contributed by atoms with Gasteiger partial charge in [0.2, 0.25) is 5.91 Å². The summed E-state index contributed by atoms with van der Waals surface area (Å²) in [4.78, 5) is 26.6. The molecular weight excluding hydrogens is 310 g/mol. The van der Waals surface area contributed by atoms with Crippen LogP contribution in [0.25, 0.3) is 0 Å². The normalized spacial score (nSPS) is 12.0. The van der Waals surface area contributed by atoms with Crippen molar-refractivity contribution in [3.05, 3.63) is 58.3 Å². The van der Waals surface area contributed by atoms with Crippen molar-refractivity contribution < 1.29 is 9.59 Å². The first-order chi connectivity index (χ1) is 11.1. The quantitative estimate of drug-likeness (QED) is 0.814. The van der Waals surface area contributed by atoms with Crippen LogP contribution in [-0.2, 0) is 4.79 Å². The largest absolute Gasteiger partial charge is 0.346 e. The highest BCUT2D eigenvalue weighted by Crippen LogP contribution is 2.13. The minimum atomic E-state index is -0.223. The van der Waals surface area contributed by atoms with E-state index in [0.29, 0.717) is 11.4 Å². The Morgan fingerprint density at radius 3 is 2.48 bits per heavy atom. The van der Waals surface area contributed by atoms with Crippen molar-refractivity contribution in [2.45, 2.75) is 6.04 Å². The van der Waals surface area contributed by atoms with E-state index in [1.54, 1.807) is 6.07 Å². The van der Waals surface area contributed by atoms with E-state index in [-0.39, 0.29) is 24.4 Å². The van der Waals surface area contributed by atoms with Crippen LogP contribution < -0.4 is 10.6 Å². The molecule has 2 N–H and O–H groups in total. The summed E-state index contributed by atoms with van der Waals surface area (Å²) in [6, 6.07) is 13.2. The lowest BCUT2D eigenvalue weighted by Crippen LogP contribution is -2.41. The molecule has 0 saturated heterocycles. The van der Waals surface area contributed by atoms with Crippen LogP contribution in [0.4, 0.5) is 0 Å². The third-order valence-electron chi connectivity index (χ3n) is 3.24. The van der Waals surface area contributed by atoms with Crippen molar-refractivity contribution in [3.63, 3.8) is 0 Å². The van der Waals surface area contributed by atoms with Gasteiger partial charge >= 0.3 is 0 Å². The van der Waals surface area contributed by atoms with Crippen LogP contribution in [0.1, 0.15) is 21.3 Å². The average Bonchev–Trinajstić information content (AvgIpc) is 3.07. The number of hydrogen-bond donors (Lipinski definition) is 2. The smallest absolute Gasteiger partial charge is 0.261 e. The van der Waals surface area contributed by atoms with E-state index < -0.39 is 0 Å². The van der Waals surface area contributed by atoms with Gasteiger partial charge in [0, 0.05) is 6.54 Å². The number of thiophene rings is 1. The van der Waals surface area contributed by atoms with Gasteiger partial charge in [-0.2, -0.15) is 0 Å². The van der Waals surface area contributed by atoms with Gasteiger partial charge in [0.05, 0.1) is 17.5 Å². The van der Waals surface area contributed by atoms with Crippen LogP contribution in [0.15, 0.2) is 47.8 Å². The Morgan fingerprint density at radius 2 is 1.87 bits per heavy atom. The molecule has 0 spiro atoms. The number of nitrogens with zero attached hydrogens (tertiary/aromatic N) is 1. The molecule has 23 heavy (non-hydrogen) atoms. The molecule has 0 bridgehead atoms. The molecule has 1 heterocycles. The minimum absolute atomic E-state index is 0.0342. The van der Waals surface area contributed by atoms with E-state index in [1.807, 2.05) is 60.8 Å².